The summed E-state index contributed by atoms with van der Waals surface area (Å²) in [5, 5.41) is 5.39. The van der Waals surface area contributed by atoms with Gasteiger partial charge in [-0.05, 0) is 37.0 Å². The molecule has 1 aromatic rings. The molecule has 0 unspecified atom stereocenters. The number of aryl methyl sites for hydroxylation is 2. The molecule has 112 valence electrons. The minimum atomic E-state index is -0.169. The molecule has 0 aromatic heterocycles. The molecule has 1 amide bonds. The molecule has 0 atom stereocenters. The number of nitrogens with one attached hydrogen (secondary N) is 1. The Bertz CT molecular complexity index is 636. The average molecular weight is 326 g/mol. The first-order chi connectivity index (χ1) is 9.88. The van der Waals surface area contributed by atoms with Crippen molar-refractivity contribution in [2.75, 3.05) is 14.1 Å². The van der Waals surface area contributed by atoms with Crippen LogP contribution in [0.2, 0.25) is 10.0 Å². The molecule has 6 heteroatoms. The van der Waals surface area contributed by atoms with E-state index < -0.39 is 0 Å². The van der Waals surface area contributed by atoms with E-state index in [0.29, 0.717) is 28.5 Å². The first-order valence-corrected chi connectivity index (χ1v) is 7.34. The molecule has 1 aromatic carbocycles. The van der Waals surface area contributed by atoms with E-state index in [0.717, 1.165) is 16.8 Å². The maximum Gasteiger partial charge on any atom is 0.274 e. The first kappa shape index (κ1) is 15.9. The summed E-state index contributed by atoms with van der Waals surface area (Å²) in [5.74, 6) is -0.169. The van der Waals surface area contributed by atoms with Crippen LogP contribution in [-0.2, 0) is 11.2 Å². The molecule has 1 aliphatic rings. The molecule has 1 N–H and O–H groups in total. The van der Waals surface area contributed by atoms with Crippen LogP contribution in [0.3, 0.4) is 0 Å². The predicted molar refractivity (Wildman–Crippen MR) is 86.9 cm³/mol. The molecule has 2 rings (SSSR count). The molecule has 0 spiro atoms. The molecule has 1 heterocycles. The van der Waals surface area contributed by atoms with E-state index in [1.165, 1.54) is 0 Å². The zero-order chi connectivity index (χ0) is 15.6. The molecule has 0 aliphatic carbocycles. The molecule has 0 saturated carbocycles. The first-order valence-electron chi connectivity index (χ1n) is 6.58. The second-order valence-electron chi connectivity index (χ2n) is 5.20. The Morgan fingerprint density at radius 1 is 1.24 bits per heavy atom. The lowest BCUT2D eigenvalue weighted by atomic mass is 10.0. The second-order valence-corrected chi connectivity index (χ2v) is 6.01. The van der Waals surface area contributed by atoms with Gasteiger partial charge in [-0.25, -0.2) is 5.43 Å². The molecule has 0 fully saturated rings. The minimum absolute atomic E-state index is 0.169. The summed E-state index contributed by atoms with van der Waals surface area (Å²) in [5.41, 5.74) is 5.84. The van der Waals surface area contributed by atoms with Gasteiger partial charge in [0.1, 0.15) is 0 Å². The molecule has 21 heavy (non-hydrogen) atoms. The molecule has 0 bridgehead atoms. The van der Waals surface area contributed by atoms with Crippen molar-refractivity contribution in [1.29, 1.82) is 0 Å². The Morgan fingerprint density at radius 2 is 1.95 bits per heavy atom. The van der Waals surface area contributed by atoms with Crippen LogP contribution in [0.15, 0.2) is 29.0 Å². The highest BCUT2D eigenvalue weighted by molar-refractivity contribution is 6.35. The van der Waals surface area contributed by atoms with Gasteiger partial charge in [0, 0.05) is 30.3 Å². The van der Waals surface area contributed by atoms with Crippen molar-refractivity contribution >= 4 is 34.8 Å². The van der Waals surface area contributed by atoms with Crippen molar-refractivity contribution in [3.8, 4) is 0 Å². The minimum Gasteiger partial charge on any atom is -0.383 e. The second kappa shape index (κ2) is 6.50. The van der Waals surface area contributed by atoms with Crippen molar-refractivity contribution in [2.24, 2.45) is 5.10 Å². The highest BCUT2D eigenvalue weighted by atomic mass is 35.5. The number of hydrogen-bond donors (Lipinski definition) is 1. The zero-order valence-electron chi connectivity index (χ0n) is 12.2. The van der Waals surface area contributed by atoms with Gasteiger partial charge in [-0.1, -0.05) is 29.3 Å². The van der Waals surface area contributed by atoms with Crippen LogP contribution < -0.4 is 5.43 Å². The van der Waals surface area contributed by atoms with Crippen LogP contribution in [0, 0.1) is 6.92 Å². The van der Waals surface area contributed by atoms with Gasteiger partial charge in [-0.3, -0.25) is 4.79 Å². The van der Waals surface area contributed by atoms with Crippen LogP contribution in [-0.4, -0.2) is 30.6 Å². The van der Waals surface area contributed by atoms with Gasteiger partial charge in [0.05, 0.1) is 11.3 Å². The third-order valence-electron chi connectivity index (χ3n) is 3.19. The van der Waals surface area contributed by atoms with E-state index >= 15 is 0 Å². The molecule has 1 aliphatic heterocycles. The number of halogens is 2. The lowest BCUT2D eigenvalue weighted by Gasteiger charge is -2.09. The summed E-state index contributed by atoms with van der Waals surface area (Å²) >= 11 is 12.2. The smallest absolute Gasteiger partial charge is 0.274 e. The lowest BCUT2D eigenvalue weighted by molar-refractivity contribution is -0.116. The normalized spacial score (nSPS) is 16.1. The van der Waals surface area contributed by atoms with E-state index in [2.05, 4.69) is 10.5 Å². The van der Waals surface area contributed by atoms with Crippen molar-refractivity contribution in [3.05, 3.63) is 45.1 Å². The monoisotopic (exact) mass is 325 g/mol. The Balaban J connectivity index is 2.13. The Labute approximate surface area is 134 Å². The third-order valence-corrected chi connectivity index (χ3v) is 3.95. The van der Waals surface area contributed by atoms with Gasteiger partial charge < -0.3 is 4.90 Å². The van der Waals surface area contributed by atoms with E-state index in [1.54, 1.807) is 12.3 Å². The van der Waals surface area contributed by atoms with Crippen molar-refractivity contribution in [3.63, 3.8) is 0 Å². The topological polar surface area (TPSA) is 44.7 Å². The molecular formula is C15H17Cl2N3O. The van der Waals surface area contributed by atoms with Gasteiger partial charge >= 0.3 is 0 Å². The number of amides is 1. The third kappa shape index (κ3) is 3.77. The van der Waals surface area contributed by atoms with Gasteiger partial charge in [-0.15, -0.1) is 0 Å². The maximum absolute atomic E-state index is 11.7. The number of benzene rings is 1. The molecule has 4 nitrogen and oxygen atoms in total. The van der Waals surface area contributed by atoms with E-state index in [-0.39, 0.29) is 5.91 Å². The summed E-state index contributed by atoms with van der Waals surface area (Å²) in [6.45, 7) is 1.94. The number of hydrogen-bond acceptors (Lipinski definition) is 3. The standard InChI is InChI=1S/C15H17Cl2N3O/c1-9-6-10(13(17)7-12(9)16)4-5-14-11(8-20(2)3)15(21)19-18-14/h6-8H,4-5H2,1-3H3,(H,19,21). The SMILES string of the molecule is Cc1cc(CCC2=NNC(=O)C2=CN(C)C)c(Cl)cc1Cl. The van der Waals surface area contributed by atoms with Crippen molar-refractivity contribution in [2.45, 2.75) is 19.8 Å². The number of nitrogens with zero attached hydrogens (tertiary/aromatic N) is 2. The van der Waals surface area contributed by atoms with E-state index in [1.807, 2.05) is 32.0 Å². The number of carbonyl (C=O) groups is 1. The number of carbonyl (C=O) groups excluding carboxylic acids is 1. The Hall–Kier alpha value is -1.52. The van der Waals surface area contributed by atoms with E-state index in [9.17, 15) is 4.79 Å². The van der Waals surface area contributed by atoms with E-state index in [4.69, 9.17) is 23.2 Å². The Morgan fingerprint density at radius 3 is 2.62 bits per heavy atom. The molecule has 0 saturated heterocycles. The van der Waals surface area contributed by atoms with Gasteiger partial charge in [0.2, 0.25) is 0 Å². The fraction of sp³-hybridized carbons (Fsp3) is 0.333. The van der Waals surface area contributed by atoms with Gasteiger partial charge in [-0.2, -0.15) is 5.10 Å². The highest BCUT2D eigenvalue weighted by Gasteiger charge is 2.22. The van der Waals surface area contributed by atoms with Crippen LogP contribution in [0.1, 0.15) is 17.5 Å². The van der Waals surface area contributed by atoms with Gasteiger partial charge in [0.15, 0.2) is 0 Å². The summed E-state index contributed by atoms with van der Waals surface area (Å²) in [4.78, 5) is 13.6. The van der Waals surface area contributed by atoms with Crippen LogP contribution in [0.5, 0.6) is 0 Å². The number of hydrazone groups is 1. The largest absolute Gasteiger partial charge is 0.383 e. The fourth-order valence-corrected chi connectivity index (χ4v) is 2.59. The maximum atomic E-state index is 11.7. The van der Waals surface area contributed by atoms with Crippen LogP contribution in [0.25, 0.3) is 0 Å². The summed E-state index contributed by atoms with van der Waals surface area (Å²) in [7, 11) is 3.74. The molecular weight excluding hydrogens is 309 g/mol. The highest BCUT2D eigenvalue weighted by Crippen LogP contribution is 2.26. The van der Waals surface area contributed by atoms with Gasteiger partial charge in [0.25, 0.3) is 5.91 Å². The van der Waals surface area contributed by atoms with Crippen LogP contribution in [0.4, 0.5) is 0 Å². The zero-order valence-corrected chi connectivity index (χ0v) is 13.7. The predicted octanol–water partition coefficient (Wildman–Crippen LogP) is 3.17. The lowest BCUT2D eigenvalue weighted by Crippen LogP contribution is -2.16. The quantitative estimate of drug-likeness (QED) is 0.864. The summed E-state index contributed by atoms with van der Waals surface area (Å²) < 4.78 is 0. The van der Waals surface area contributed by atoms with Crippen LogP contribution >= 0.6 is 23.2 Å². The summed E-state index contributed by atoms with van der Waals surface area (Å²) in [6, 6.07) is 3.73. The fourth-order valence-electron chi connectivity index (χ4n) is 2.11. The number of rotatable bonds is 4. The Kier molecular flexibility index (Phi) is 4.91. The average Bonchev–Trinajstić information content (AvgIpc) is 2.73. The van der Waals surface area contributed by atoms with Crippen molar-refractivity contribution < 1.29 is 4.79 Å². The summed E-state index contributed by atoms with van der Waals surface area (Å²) in [6.07, 6.45) is 3.12. The molecule has 0 radical (unpaired) electrons. The van der Waals surface area contributed by atoms with Crippen molar-refractivity contribution in [1.82, 2.24) is 10.3 Å².